The Hall–Kier alpha value is -0.470. The lowest BCUT2D eigenvalue weighted by atomic mass is 10.1. The second kappa shape index (κ2) is 7.00. The van der Waals surface area contributed by atoms with E-state index in [0.29, 0.717) is 13.1 Å². The lowest BCUT2D eigenvalue weighted by Crippen LogP contribution is -2.47. The molecule has 114 valence electrons. The van der Waals surface area contributed by atoms with Gasteiger partial charge in [-0.1, -0.05) is 13.0 Å². The average molecular weight is 318 g/mol. The molecular formula is C13H22N2O3S2. The van der Waals surface area contributed by atoms with E-state index >= 15 is 0 Å². The normalized spacial score (nSPS) is 20.1. The molecule has 1 fully saturated rings. The Morgan fingerprint density at radius 2 is 2.20 bits per heavy atom. The van der Waals surface area contributed by atoms with Gasteiger partial charge in [-0.3, -0.25) is 0 Å². The van der Waals surface area contributed by atoms with Gasteiger partial charge in [0.05, 0.1) is 12.1 Å². The van der Waals surface area contributed by atoms with Crippen LogP contribution in [0.4, 0.5) is 0 Å². The summed E-state index contributed by atoms with van der Waals surface area (Å²) in [7, 11) is -1.74. The third-order valence-corrected chi connectivity index (χ3v) is 6.27. The second-order valence-corrected chi connectivity index (χ2v) is 7.61. The van der Waals surface area contributed by atoms with Crippen molar-refractivity contribution >= 4 is 21.5 Å². The fourth-order valence-electron chi connectivity index (χ4n) is 2.39. The summed E-state index contributed by atoms with van der Waals surface area (Å²) in [4.78, 5) is 1.06. The predicted octanol–water partition coefficient (Wildman–Crippen LogP) is 2.14. The maximum Gasteiger partial charge on any atom is 0.280 e. The maximum absolute atomic E-state index is 12.4. The van der Waals surface area contributed by atoms with Crippen molar-refractivity contribution in [1.29, 1.82) is 0 Å². The molecule has 1 aromatic heterocycles. The van der Waals surface area contributed by atoms with Crippen LogP contribution in [0.25, 0.3) is 0 Å². The molecule has 20 heavy (non-hydrogen) atoms. The highest BCUT2D eigenvalue weighted by atomic mass is 32.2. The van der Waals surface area contributed by atoms with Crippen molar-refractivity contribution in [2.24, 2.45) is 0 Å². The highest BCUT2D eigenvalue weighted by Crippen LogP contribution is 2.24. The minimum Gasteiger partial charge on any atom is -0.381 e. The Labute approximate surface area is 125 Å². The molecule has 2 rings (SSSR count). The Morgan fingerprint density at radius 3 is 2.70 bits per heavy atom. The molecule has 0 aromatic carbocycles. The van der Waals surface area contributed by atoms with E-state index in [9.17, 15) is 8.42 Å². The highest BCUT2D eigenvalue weighted by molar-refractivity contribution is 7.87. The van der Waals surface area contributed by atoms with Crippen molar-refractivity contribution in [3.8, 4) is 0 Å². The van der Waals surface area contributed by atoms with Crippen molar-refractivity contribution in [2.75, 3.05) is 20.2 Å². The molecule has 1 aliphatic heterocycles. The summed E-state index contributed by atoms with van der Waals surface area (Å²) in [6, 6.07) is 3.78. The number of nitrogens with zero attached hydrogens (tertiary/aromatic N) is 1. The van der Waals surface area contributed by atoms with Crippen LogP contribution >= 0.6 is 11.3 Å². The SMILES string of the molecule is CCC(NS(=O)(=O)N1CCC(OC)CC1)c1cccs1. The van der Waals surface area contributed by atoms with Gasteiger partial charge < -0.3 is 4.74 Å². The van der Waals surface area contributed by atoms with Gasteiger partial charge in [-0.15, -0.1) is 11.3 Å². The fraction of sp³-hybridized carbons (Fsp3) is 0.692. The molecular weight excluding hydrogens is 296 g/mol. The number of hydrogen-bond acceptors (Lipinski definition) is 4. The first-order chi connectivity index (χ1) is 9.56. The van der Waals surface area contributed by atoms with Crippen LogP contribution in [0.15, 0.2) is 17.5 Å². The molecule has 7 heteroatoms. The van der Waals surface area contributed by atoms with Gasteiger partial charge in [-0.05, 0) is 30.7 Å². The molecule has 0 aliphatic carbocycles. The van der Waals surface area contributed by atoms with Crippen LogP contribution in [0.5, 0.6) is 0 Å². The molecule has 1 atom stereocenters. The number of piperidine rings is 1. The predicted molar refractivity (Wildman–Crippen MR) is 81.0 cm³/mol. The average Bonchev–Trinajstić information content (AvgIpc) is 2.99. The van der Waals surface area contributed by atoms with E-state index in [2.05, 4.69) is 4.72 Å². The summed E-state index contributed by atoms with van der Waals surface area (Å²) in [5.74, 6) is 0. The van der Waals surface area contributed by atoms with Crippen LogP contribution in [0, 0.1) is 0 Å². The first-order valence-electron chi connectivity index (χ1n) is 6.90. The van der Waals surface area contributed by atoms with E-state index in [1.165, 1.54) is 4.31 Å². The number of ether oxygens (including phenoxy) is 1. The number of thiophene rings is 1. The van der Waals surface area contributed by atoms with Crippen LogP contribution in [0.1, 0.15) is 37.1 Å². The number of nitrogens with one attached hydrogen (secondary N) is 1. The van der Waals surface area contributed by atoms with Gasteiger partial charge in [0.25, 0.3) is 10.2 Å². The molecule has 0 amide bonds. The van der Waals surface area contributed by atoms with E-state index in [1.807, 2.05) is 24.4 Å². The van der Waals surface area contributed by atoms with E-state index in [1.54, 1.807) is 18.4 Å². The van der Waals surface area contributed by atoms with Crippen LogP contribution in [0.2, 0.25) is 0 Å². The zero-order valence-electron chi connectivity index (χ0n) is 11.9. The third kappa shape index (κ3) is 3.79. The number of hydrogen-bond donors (Lipinski definition) is 1. The van der Waals surface area contributed by atoms with Gasteiger partial charge in [-0.2, -0.15) is 17.4 Å². The number of methoxy groups -OCH3 is 1. The molecule has 0 bridgehead atoms. The standard InChI is InChI=1S/C13H22N2O3S2/c1-3-12(13-5-4-10-19-13)14-20(16,17)15-8-6-11(18-2)7-9-15/h4-5,10-12,14H,3,6-9H2,1-2H3. The van der Waals surface area contributed by atoms with Gasteiger partial charge in [0.2, 0.25) is 0 Å². The van der Waals surface area contributed by atoms with Crippen molar-refractivity contribution in [3.05, 3.63) is 22.4 Å². The van der Waals surface area contributed by atoms with Crippen LogP contribution in [-0.4, -0.2) is 39.0 Å². The molecule has 1 N–H and O–H groups in total. The van der Waals surface area contributed by atoms with Crippen LogP contribution in [-0.2, 0) is 14.9 Å². The van der Waals surface area contributed by atoms with Gasteiger partial charge in [0.1, 0.15) is 0 Å². The Bertz CT molecular complexity index is 494. The zero-order valence-corrected chi connectivity index (χ0v) is 13.5. The van der Waals surface area contributed by atoms with Crippen molar-refractivity contribution in [2.45, 2.75) is 38.3 Å². The molecule has 5 nitrogen and oxygen atoms in total. The zero-order chi connectivity index (χ0) is 14.6. The summed E-state index contributed by atoms with van der Waals surface area (Å²) < 4.78 is 34.5. The summed E-state index contributed by atoms with van der Waals surface area (Å²) in [5, 5.41) is 1.97. The fourth-order valence-corrected chi connectivity index (χ4v) is 4.82. The highest BCUT2D eigenvalue weighted by Gasteiger charge is 2.29. The largest absolute Gasteiger partial charge is 0.381 e. The van der Waals surface area contributed by atoms with Crippen LogP contribution in [0.3, 0.4) is 0 Å². The molecule has 0 spiro atoms. The molecule has 1 saturated heterocycles. The summed E-state index contributed by atoms with van der Waals surface area (Å²) in [6.45, 7) is 3.04. The van der Waals surface area contributed by atoms with Gasteiger partial charge in [0, 0.05) is 25.1 Å². The van der Waals surface area contributed by atoms with Gasteiger partial charge in [-0.25, -0.2) is 0 Å². The second-order valence-electron chi connectivity index (χ2n) is 4.93. The first kappa shape index (κ1) is 15.9. The minimum atomic E-state index is -3.42. The maximum atomic E-state index is 12.4. The van der Waals surface area contributed by atoms with Crippen molar-refractivity contribution < 1.29 is 13.2 Å². The van der Waals surface area contributed by atoms with Gasteiger partial charge in [0.15, 0.2) is 0 Å². The summed E-state index contributed by atoms with van der Waals surface area (Å²) in [5.41, 5.74) is 0. The Morgan fingerprint density at radius 1 is 1.50 bits per heavy atom. The topological polar surface area (TPSA) is 58.6 Å². The molecule has 1 unspecified atom stereocenters. The Kier molecular flexibility index (Phi) is 5.57. The summed E-state index contributed by atoms with van der Waals surface area (Å²) >= 11 is 1.58. The first-order valence-corrected chi connectivity index (χ1v) is 9.22. The lowest BCUT2D eigenvalue weighted by Gasteiger charge is -2.31. The van der Waals surface area contributed by atoms with E-state index in [0.717, 1.165) is 24.1 Å². The Balaban J connectivity index is 2.00. The quantitative estimate of drug-likeness (QED) is 0.874. The summed E-state index contributed by atoms with van der Waals surface area (Å²) in [6.07, 6.45) is 2.44. The van der Waals surface area contributed by atoms with E-state index in [4.69, 9.17) is 4.74 Å². The van der Waals surface area contributed by atoms with E-state index in [-0.39, 0.29) is 12.1 Å². The molecule has 0 radical (unpaired) electrons. The number of rotatable bonds is 6. The smallest absolute Gasteiger partial charge is 0.280 e. The van der Waals surface area contributed by atoms with Gasteiger partial charge >= 0.3 is 0 Å². The van der Waals surface area contributed by atoms with Crippen molar-refractivity contribution in [3.63, 3.8) is 0 Å². The van der Waals surface area contributed by atoms with Crippen LogP contribution < -0.4 is 4.72 Å². The minimum absolute atomic E-state index is 0.139. The molecule has 1 aromatic rings. The third-order valence-electron chi connectivity index (χ3n) is 3.66. The monoisotopic (exact) mass is 318 g/mol. The molecule has 0 saturated carbocycles. The lowest BCUT2D eigenvalue weighted by molar-refractivity contribution is 0.0601. The molecule has 1 aliphatic rings. The van der Waals surface area contributed by atoms with Crippen molar-refractivity contribution in [1.82, 2.24) is 9.03 Å². The molecule has 2 heterocycles. The van der Waals surface area contributed by atoms with E-state index < -0.39 is 10.2 Å².